The van der Waals surface area contributed by atoms with Crippen molar-refractivity contribution in [3.8, 4) is 5.75 Å². The number of carbonyl (C=O) groups is 2. The molecule has 0 heterocycles. The van der Waals surface area contributed by atoms with Crippen molar-refractivity contribution in [1.82, 2.24) is 4.31 Å². The third-order valence-corrected chi connectivity index (χ3v) is 6.72. The minimum atomic E-state index is -3.97. The van der Waals surface area contributed by atoms with Gasteiger partial charge in [-0.2, -0.15) is 4.31 Å². The van der Waals surface area contributed by atoms with Crippen LogP contribution in [0.15, 0.2) is 83.8 Å². The lowest BCUT2D eigenvalue weighted by molar-refractivity contribution is -0.117. The van der Waals surface area contributed by atoms with Gasteiger partial charge in [-0.25, -0.2) is 8.42 Å². The highest BCUT2D eigenvalue weighted by Crippen LogP contribution is 2.22. The summed E-state index contributed by atoms with van der Waals surface area (Å²) in [4.78, 5) is 23.9. The quantitative estimate of drug-likeness (QED) is 0.436. The lowest BCUT2D eigenvalue weighted by Crippen LogP contribution is -2.37. The Morgan fingerprint density at radius 3 is 2.15 bits per heavy atom. The zero-order chi connectivity index (χ0) is 24.6. The van der Waals surface area contributed by atoms with Gasteiger partial charge in [-0.3, -0.25) is 9.59 Å². The smallest absolute Gasteiger partial charge is 0.243 e. The minimum Gasteiger partial charge on any atom is -0.494 e. The molecule has 0 radical (unpaired) electrons. The summed E-state index contributed by atoms with van der Waals surface area (Å²) in [5.74, 6) is -0.380. The Hall–Kier alpha value is -3.69. The van der Waals surface area contributed by atoms with E-state index in [-0.39, 0.29) is 24.4 Å². The summed E-state index contributed by atoms with van der Waals surface area (Å²) < 4.78 is 33.3. The number of amides is 2. The van der Waals surface area contributed by atoms with Crippen molar-refractivity contribution < 1.29 is 22.7 Å². The average Bonchev–Trinajstić information content (AvgIpc) is 2.81. The van der Waals surface area contributed by atoms with Crippen molar-refractivity contribution in [2.24, 2.45) is 5.73 Å². The van der Waals surface area contributed by atoms with E-state index in [4.69, 9.17) is 10.5 Å². The summed E-state index contributed by atoms with van der Waals surface area (Å²) in [7, 11) is -3.97. The molecule has 0 aliphatic rings. The molecule has 0 atom stereocenters. The molecule has 3 aromatic rings. The van der Waals surface area contributed by atoms with Crippen LogP contribution in [-0.4, -0.2) is 37.7 Å². The Kier molecular flexibility index (Phi) is 8.39. The van der Waals surface area contributed by atoms with E-state index in [0.29, 0.717) is 23.6 Å². The molecule has 3 N–H and O–H groups in total. The van der Waals surface area contributed by atoms with Gasteiger partial charge in [-0.05, 0) is 54.4 Å². The van der Waals surface area contributed by atoms with Gasteiger partial charge in [-0.15, -0.1) is 0 Å². The van der Waals surface area contributed by atoms with E-state index in [1.165, 1.54) is 12.1 Å². The number of hydrogen-bond donors (Lipinski definition) is 2. The third kappa shape index (κ3) is 6.90. The van der Waals surface area contributed by atoms with Gasteiger partial charge in [0, 0.05) is 12.2 Å². The molecule has 34 heavy (non-hydrogen) atoms. The van der Waals surface area contributed by atoms with E-state index < -0.39 is 21.8 Å². The number of sulfonamides is 1. The first kappa shape index (κ1) is 24.9. The Labute approximate surface area is 199 Å². The van der Waals surface area contributed by atoms with Crippen molar-refractivity contribution in [3.05, 3.63) is 90.0 Å². The van der Waals surface area contributed by atoms with Crippen LogP contribution >= 0.6 is 0 Å². The van der Waals surface area contributed by atoms with E-state index >= 15 is 0 Å². The highest BCUT2D eigenvalue weighted by molar-refractivity contribution is 7.89. The predicted molar refractivity (Wildman–Crippen MR) is 130 cm³/mol. The fourth-order valence-corrected chi connectivity index (χ4v) is 4.69. The van der Waals surface area contributed by atoms with Gasteiger partial charge in [0.2, 0.25) is 21.8 Å². The molecular weight excluding hydrogens is 454 g/mol. The fraction of sp³-hybridized carbons (Fsp3) is 0.200. The average molecular weight is 482 g/mol. The SMILES string of the molecule is CCOc1ccc(S(=O)(=O)N(CC(=O)Nc2ccc(CC(N)=O)cc2)Cc2ccccc2)cc1. The van der Waals surface area contributed by atoms with E-state index in [0.717, 1.165) is 9.87 Å². The van der Waals surface area contributed by atoms with Crippen LogP contribution < -0.4 is 15.8 Å². The van der Waals surface area contributed by atoms with Gasteiger partial charge in [0.05, 0.1) is 24.5 Å². The lowest BCUT2D eigenvalue weighted by atomic mass is 10.1. The van der Waals surface area contributed by atoms with Gasteiger partial charge in [-0.1, -0.05) is 42.5 Å². The van der Waals surface area contributed by atoms with Crippen molar-refractivity contribution in [2.45, 2.75) is 24.8 Å². The standard InChI is InChI=1S/C25H27N3O5S/c1-2-33-22-12-14-23(15-13-22)34(31,32)28(17-20-6-4-3-5-7-20)18-25(30)27-21-10-8-19(9-11-21)16-24(26)29/h3-15H,2,16-18H2,1H3,(H2,26,29)(H,27,30). The molecule has 2 amide bonds. The Bertz CT molecular complexity index is 1210. The van der Waals surface area contributed by atoms with Crippen LogP contribution in [0.2, 0.25) is 0 Å². The number of nitrogens with two attached hydrogens (primary N) is 1. The van der Waals surface area contributed by atoms with Crippen molar-refractivity contribution in [1.29, 1.82) is 0 Å². The zero-order valence-corrected chi connectivity index (χ0v) is 19.6. The van der Waals surface area contributed by atoms with E-state index in [1.807, 2.05) is 25.1 Å². The number of benzene rings is 3. The number of ether oxygens (including phenoxy) is 1. The third-order valence-electron chi connectivity index (χ3n) is 4.91. The van der Waals surface area contributed by atoms with Crippen LogP contribution in [-0.2, 0) is 32.6 Å². The molecule has 0 aliphatic carbocycles. The van der Waals surface area contributed by atoms with Crippen LogP contribution in [0.4, 0.5) is 5.69 Å². The van der Waals surface area contributed by atoms with Crippen LogP contribution in [0.5, 0.6) is 5.75 Å². The molecule has 0 bridgehead atoms. The van der Waals surface area contributed by atoms with Crippen LogP contribution in [0.1, 0.15) is 18.1 Å². The predicted octanol–water partition coefficient (Wildman–Crippen LogP) is 2.94. The van der Waals surface area contributed by atoms with Crippen LogP contribution in [0.3, 0.4) is 0 Å². The summed E-state index contributed by atoms with van der Waals surface area (Å²) in [6, 6.07) is 21.8. The highest BCUT2D eigenvalue weighted by atomic mass is 32.2. The van der Waals surface area contributed by atoms with E-state index in [9.17, 15) is 18.0 Å². The number of nitrogens with zero attached hydrogens (tertiary/aromatic N) is 1. The minimum absolute atomic E-state index is 0.0291. The maximum absolute atomic E-state index is 13.4. The van der Waals surface area contributed by atoms with Gasteiger partial charge in [0.25, 0.3) is 0 Å². The Balaban J connectivity index is 1.79. The Morgan fingerprint density at radius 1 is 0.912 bits per heavy atom. The highest BCUT2D eigenvalue weighted by Gasteiger charge is 2.27. The van der Waals surface area contributed by atoms with Crippen molar-refractivity contribution >= 4 is 27.5 Å². The summed E-state index contributed by atoms with van der Waals surface area (Å²) in [6.07, 6.45) is 0.0966. The second kappa shape index (κ2) is 11.4. The van der Waals surface area contributed by atoms with Gasteiger partial charge >= 0.3 is 0 Å². The first-order valence-corrected chi connectivity index (χ1v) is 12.2. The molecule has 0 spiro atoms. The monoisotopic (exact) mass is 481 g/mol. The molecule has 3 rings (SSSR count). The van der Waals surface area contributed by atoms with Gasteiger partial charge in [0.1, 0.15) is 5.75 Å². The summed E-state index contributed by atoms with van der Waals surface area (Å²) in [5.41, 5.74) is 7.15. The van der Waals surface area contributed by atoms with Crippen LogP contribution in [0.25, 0.3) is 0 Å². The number of nitrogens with one attached hydrogen (secondary N) is 1. The second-order valence-electron chi connectivity index (χ2n) is 7.55. The molecule has 0 aliphatic heterocycles. The maximum atomic E-state index is 13.4. The summed E-state index contributed by atoms with van der Waals surface area (Å²) in [6.45, 7) is 1.96. The van der Waals surface area contributed by atoms with Crippen LogP contribution in [0, 0.1) is 0 Å². The van der Waals surface area contributed by atoms with E-state index in [1.54, 1.807) is 48.5 Å². The normalized spacial score (nSPS) is 11.2. The fourth-order valence-electron chi connectivity index (χ4n) is 3.30. The molecule has 0 fully saturated rings. The van der Waals surface area contributed by atoms with Crippen molar-refractivity contribution in [3.63, 3.8) is 0 Å². The molecule has 0 saturated carbocycles. The number of primary amides is 1. The lowest BCUT2D eigenvalue weighted by Gasteiger charge is -2.22. The molecule has 8 nitrogen and oxygen atoms in total. The molecule has 0 saturated heterocycles. The maximum Gasteiger partial charge on any atom is 0.243 e. The first-order valence-electron chi connectivity index (χ1n) is 10.7. The number of rotatable bonds is 11. The van der Waals surface area contributed by atoms with Gasteiger partial charge < -0.3 is 15.8 Å². The topological polar surface area (TPSA) is 119 Å². The molecule has 3 aromatic carbocycles. The molecular formula is C25H27N3O5S. The largest absolute Gasteiger partial charge is 0.494 e. The molecule has 9 heteroatoms. The molecule has 178 valence electrons. The Morgan fingerprint density at radius 2 is 1.56 bits per heavy atom. The second-order valence-corrected chi connectivity index (χ2v) is 9.49. The molecule has 0 aromatic heterocycles. The number of hydrogen-bond acceptors (Lipinski definition) is 5. The summed E-state index contributed by atoms with van der Waals surface area (Å²) in [5, 5.41) is 2.71. The van der Waals surface area contributed by atoms with E-state index in [2.05, 4.69) is 5.32 Å². The summed E-state index contributed by atoms with van der Waals surface area (Å²) >= 11 is 0. The molecule has 0 unspecified atom stereocenters. The van der Waals surface area contributed by atoms with Gasteiger partial charge in [0.15, 0.2) is 0 Å². The number of anilines is 1. The van der Waals surface area contributed by atoms with Crippen molar-refractivity contribution in [2.75, 3.05) is 18.5 Å². The first-order chi connectivity index (χ1) is 16.3. The zero-order valence-electron chi connectivity index (χ0n) is 18.8. The number of carbonyl (C=O) groups excluding carboxylic acids is 2.